The Morgan fingerprint density at radius 2 is 1.96 bits per heavy atom. The summed E-state index contributed by atoms with van der Waals surface area (Å²) in [5.41, 5.74) is -0.0279. The van der Waals surface area contributed by atoms with Crippen molar-refractivity contribution in [2.45, 2.75) is 57.1 Å². The number of likely N-dealkylation sites (tertiary alicyclic amines) is 1. The predicted octanol–water partition coefficient (Wildman–Crippen LogP) is 2.67. The van der Waals surface area contributed by atoms with Gasteiger partial charge in [-0.3, -0.25) is 9.69 Å². The van der Waals surface area contributed by atoms with E-state index in [4.69, 9.17) is 4.74 Å². The molecule has 3 rings (SSSR count). The number of carbonyl (C=O) groups excluding carboxylic acids is 1. The second-order valence-corrected chi connectivity index (χ2v) is 7.94. The lowest BCUT2D eigenvalue weighted by Gasteiger charge is -2.39. The maximum atomic E-state index is 12.4. The van der Waals surface area contributed by atoms with Crippen molar-refractivity contribution in [3.05, 3.63) is 29.8 Å². The highest BCUT2D eigenvalue weighted by Gasteiger charge is 2.36. The van der Waals surface area contributed by atoms with Crippen LogP contribution in [-0.2, 0) is 10.4 Å². The van der Waals surface area contributed by atoms with Gasteiger partial charge in [0.2, 0.25) is 5.91 Å². The van der Waals surface area contributed by atoms with Crippen LogP contribution in [0.1, 0.15) is 51.0 Å². The summed E-state index contributed by atoms with van der Waals surface area (Å²) >= 11 is 0. The molecule has 1 aromatic rings. The number of rotatable bonds is 5. The van der Waals surface area contributed by atoms with Crippen LogP contribution in [0.3, 0.4) is 0 Å². The summed E-state index contributed by atoms with van der Waals surface area (Å²) in [7, 11) is 1.63. The Labute approximate surface area is 156 Å². The summed E-state index contributed by atoms with van der Waals surface area (Å²) in [6, 6.07) is 7.99. The molecule has 1 saturated heterocycles. The van der Waals surface area contributed by atoms with Crippen molar-refractivity contribution in [3.8, 4) is 5.75 Å². The van der Waals surface area contributed by atoms with Gasteiger partial charge in [0.15, 0.2) is 0 Å². The van der Waals surface area contributed by atoms with E-state index in [1.54, 1.807) is 7.11 Å². The number of nitrogens with one attached hydrogen (secondary N) is 1. The van der Waals surface area contributed by atoms with Crippen LogP contribution in [0.5, 0.6) is 5.75 Å². The van der Waals surface area contributed by atoms with E-state index in [-0.39, 0.29) is 5.91 Å². The molecular formula is C21H32N2O3. The number of aliphatic hydroxyl groups is 1. The quantitative estimate of drug-likeness (QED) is 0.847. The number of methoxy groups -OCH3 is 1. The zero-order valence-corrected chi connectivity index (χ0v) is 16.0. The first-order valence-corrected chi connectivity index (χ1v) is 9.89. The second kappa shape index (κ2) is 8.40. The normalized spacial score (nSPS) is 26.3. The van der Waals surface area contributed by atoms with E-state index < -0.39 is 5.60 Å². The minimum atomic E-state index is -0.878. The van der Waals surface area contributed by atoms with E-state index >= 15 is 0 Å². The fourth-order valence-electron chi connectivity index (χ4n) is 4.37. The first-order chi connectivity index (χ1) is 12.5. The molecule has 2 aliphatic rings. The molecule has 26 heavy (non-hydrogen) atoms. The first kappa shape index (κ1) is 19.2. The van der Waals surface area contributed by atoms with E-state index in [0.717, 1.165) is 17.7 Å². The highest BCUT2D eigenvalue weighted by molar-refractivity contribution is 5.78. The monoisotopic (exact) mass is 360 g/mol. The van der Waals surface area contributed by atoms with Crippen LogP contribution in [0.4, 0.5) is 0 Å². The zero-order chi connectivity index (χ0) is 18.6. The van der Waals surface area contributed by atoms with Gasteiger partial charge in [-0.1, -0.05) is 38.0 Å². The maximum absolute atomic E-state index is 12.4. The molecule has 0 radical (unpaired) electrons. The van der Waals surface area contributed by atoms with E-state index in [9.17, 15) is 9.90 Å². The number of amides is 1. The summed E-state index contributed by atoms with van der Waals surface area (Å²) in [5.74, 6) is 1.42. The number of ether oxygens (including phenoxy) is 1. The van der Waals surface area contributed by atoms with Crippen LogP contribution in [0.15, 0.2) is 24.3 Å². The van der Waals surface area contributed by atoms with Gasteiger partial charge in [0.05, 0.1) is 19.3 Å². The Bertz CT molecular complexity index is 611. The number of hydrogen-bond donors (Lipinski definition) is 2. The fraction of sp³-hybridized carbons (Fsp3) is 0.667. The summed E-state index contributed by atoms with van der Waals surface area (Å²) < 4.78 is 5.41. The van der Waals surface area contributed by atoms with Gasteiger partial charge < -0.3 is 15.2 Å². The lowest BCUT2D eigenvalue weighted by atomic mass is 9.84. The average Bonchev–Trinajstić information content (AvgIpc) is 2.65. The van der Waals surface area contributed by atoms with Crippen molar-refractivity contribution < 1.29 is 14.6 Å². The zero-order valence-electron chi connectivity index (χ0n) is 16.0. The lowest BCUT2D eigenvalue weighted by Crippen LogP contribution is -2.49. The number of benzene rings is 1. The molecule has 5 nitrogen and oxygen atoms in total. The van der Waals surface area contributed by atoms with Crippen LogP contribution < -0.4 is 10.1 Å². The first-order valence-electron chi connectivity index (χ1n) is 9.89. The van der Waals surface area contributed by atoms with Crippen LogP contribution >= 0.6 is 0 Å². The molecule has 0 spiro atoms. The number of hydrogen-bond acceptors (Lipinski definition) is 4. The van der Waals surface area contributed by atoms with E-state index in [0.29, 0.717) is 44.4 Å². The van der Waals surface area contributed by atoms with Crippen molar-refractivity contribution in [2.24, 2.45) is 5.92 Å². The Hall–Kier alpha value is -1.59. The largest absolute Gasteiger partial charge is 0.496 e. The predicted molar refractivity (Wildman–Crippen MR) is 102 cm³/mol. The molecule has 0 aromatic heterocycles. The molecule has 1 heterocycles. The van der Waals surface area contributed by atoms with Crippen molar-refractivity contribution in [3.63, 3.8) is 0 Å². The minimum absolute atomic E-state index is 0.117. The molecule has 2 unspecified atom stereocenters. The third kappa shape index (κ3) is 4.38. The Kier molecular flexibility index (Phi) is 6.20. The maximum Gasteiger partial charge on any atom is 0.234 e. The second-order valence-electron chi connectivity index (χ2n) is 7.94. The molecule has 1 amide bonds. The topological polar surface area (TPSA) is 61.8 Å². The van der Waals surface area contributed by atoms with Crippen molar-refractivity contribution >= 4 is 5.91 Å². The molecule has 1 aliphatic carbocycles. The molecule has 2 N–H and O–H groups in total. The molecule has 1 aromatic carbocycles. The SMILES string of the molecule is COc1ccccc1C1(O)CCN(CC(=O)NC2CCCCC2C)CC1. The highest BCUT2D eigenvalue weighted by Crippen LogP contribution is 2.37. The molecule has 144 valence electrons. The lowest BCUT2D eigenvalue weighted by molar-refractivity contribution is -0.125. The van der Waals surface area contributed by atoms with E-state index in [1.165, 1.54) is 19.3 Å². The number of carbonyl (C=O) groups is 1. The van der Waals surface area contributed by atoms with Gasteiger partial charge in [-0.2, -0.15) is 0 Å². The molecule has 5 heteroatoms. The third-order valence-corrected chi connectivity index (χ3v) is 6.12. The van der Waals surface area contributed by atoms with Gasteiger partial charge in [0, 0.05) is 24.7 Å². The number of para-hydroxylation sites is 1. The Morgan fingerprint density at radius 3 is 2.65 bits per heavy atom. The summed E-state index contributed by atoms with van der Waals surface area (Å²) in [6.45, 7) is 4.08. The van der Waals surface area contributed by atoms with Gasteiger partial charge >= 0.3 is 0 Å². The average molecular weight is 360 g/mol. The molecular weight excluding hydrogens is 328 g/mol. The molecule has 1 aliphatic heterocycles. The van der Waals surface area contributed by atoms with Crippen molar-refractivity contribution in [2.75, 3.05) is 26.7 Å². The van der Waals surface area contributed by atoms with Gasteiger partial charge in [0.25, 0.3) is 0 Å². The van der Waals surface area contributed by atoms with Gasteiger partial charge in [-0.25, -0.2) is 0 Å². The Morgan fingerprint density at radius 1 is 1.27 bits per heavy atom. The van der Waals surface area contributed by atoms with Gasteiger partial charge in [-0.15, -0.1) is 0 Å². The summed E-state index contributed by atoms with van der Waals surface area (Å²) in [4.78, 5) is 14.6. The fourth-order valence-corrected chi connectivity index (χ4v) is 4.37. The number of nitrogens with zero attached hydrogens (tertiary/aromatic N) is 1. The van der Waals surface area contributed by atoms with Crippen LogP contribution in [0.25, 0.3) is 0 Å². The van der Waals surface area contributed by atoms with E-state index in [2.05, 4.69) is 17.1 Å². The van der Waals surface area contributed by atoms with Crippen LogP contribution in [0.2, 0.25) is 0 Å². The van der Waals surface area contributed by atoms with E-state index in [1.807, 2.05) is 24.3 Å². The van der Waals surface area contributed by atoms with Crippen LogP contribution in [-0.4, -0.2) is 48.7 Å². The molecule has 0 bridgehead atoms. The number of piperidine rings is 1. The van der Waals surface area contributed by atoms with Gasteiger partial charge in [0.1, 0.15) is 5.75 Å². The molecule has 2 fully saturated rings. The third-order valence-electron chi connectivity index (χ3n) is 6.12. The van der Waals surface area contributed by atoms with Crippen molar-refractivity contribution in [1.29, 1.82) is 0 Å². The standard InChI is InChI=1S/C21H32N2O3/c1-16-7-3-5-9-18(16)22-20(24)15-23-13-11-21(25,12-14-23)17-8-4-6-10-19(17)26-2/h4,6,8,10,16,18,25H,3,5,7,9,11-15H2,1-2H3,(H,22,24). The molecule has 1 saturated carbocycles. The van der Waals surface area contributed by atoms with Gasteiger partial charge in [-0.05, 0) is 37.7 Å². The highest BCUT2D eigenvalue weighted by atomic mass is 16.5. The summed E-state index contributed by atoms with van der Waals surface area (Å²) in [6.07, 6.45) is 6.02. The summed E-state index contributed by atoms with van der Waals surface area (Å²) in [5, 5.41) is 14.3. The molecule has 2 atom stereocenters. The Balaban J connectivity index is 1.52. The minimum Gasteiger partial charge on any atom is -0.496 e. The smallest absolute Gasteiger partial charge is 0.234 e. The van der Waals surface area contributed by atoms with Crippen LogP contribution in [0, 0.1) is 5.92 Å². The van der Waals surface area contributed by atoms with Crippen molar-refractivity contribution in [1.82, 2.24) is 10.2 Å².